The van der Waals surface area contributed by atoms with E-state index in [-0.39, 0.29) is 30.7 Å². The normalized spacial score (nSPS) is 16.2. The topological polar surface area (TPSA) is 82.3 Å². The third kappa shape index (κ3) is 4.11. The lowest BCUT2D eigenvalue weighted by Gasteiger charge is -2.16. The molecule has 0 bridgehead atoms. The lowest BCUT2D eigenvalue weighted by atomic mass is 10.2. The number of hydrogen-bond donors (Lipinski definition) is 1. The van der Waals surface area contributed by atoms with Crippen LogP contribution in [0.1, 0.15) is 12.8 Å². The van der Waals surface area contributed by atoms with E-state index >= 15 is 0 Å². The molecule has 1 aromatic heterocycles. The van der Waals surface area contributed by atoms with Gasteiger partial charge in [-0.15, -0.1) is 0 Å². The average molecular weight is 414 g/mol. The molecule has 7 nitrogen and oxygen atoms in total. The number of ether oxygens (including phenoxy) is 1. The summed E-state index contributed by atoms with van der Waals surface area (Å²) in [6, 6.07) is 13.6. The van der Waals surface area contributed by atoms with Gasteiger partial charge in [0.25, 0.3) is 5.56 Å². The van der Waals surface area contributed by atoms with Crippen LogP contribution in [0, 0.1) is 0 Å². The first kappa shape index (κ1) is 19.4. The maximum atomic E-state index is 13.1. The van der Waals surface area contributed by atoms with Gasteiger partial charge >= 0.3 is 5.69 Å². The number of carbonyl (C=O) groups excluding carboxylic acids is 1. The molecule has 3 aromatic rings. The number of nitrogens with zero attached hydrogens (tertiary/aromatic N) is 2. The molecule has 2 aromatic carbocycles. The molecule has 1 fully saturated rings. The number of anilines is 1. The lowest BCUT2D eigenvalue weighted by Crippen LogP contribution is -2.43. The van der Waals surface area contributed by atoms with Gasteiger partial charge in [-0.2, -0.15) is 0 Å². The predicted octanol–water partition coefficient (Wildman–Crippen LogP) is 2.63. The Morgan fingerprint density at radius 1 is 1.14 bits per heavy atom. The zero-order valence-corrected chi connectivity index (χ0v) is 16.4. The van der Waals surface area contributed by atoms with Gasteiger partial charge in [-0.3, -0.25) is 18.7 Å². The van der Waals surface area contributed by atoms with Gasteiger partial charge in [0.2, 0.25) is 5.91 Å². The largest absolute Gasteiger partial charge is 0.376 e. The second-order valence-corrected chi connectivity index (χ2v) is 7.43. The first-order valence-electron chi connectivity index (χ1n) is 9.42. The molecule has 2 heterocycles. The van der Waals surface area contributed by atoms with Crippen molar-refractivity contribution in [3.8, 4) is 0 Å². The van der Waals surface area contributed by atoms with E-state index in [2.05, 4.69) is 5.32 Å². The van der Waals surface area contributed by atoms with Crippen molar-refractivity contribution in [2.45, 2.75) is 32.0 Å². The van der Waals surface area contributed by atoms with Crippen molar-refractivity contribution in [2.75, 3.05) is 11.9 Å². The Morgan fingerprint density at radius 3 is 2.72 bits per heavy atom. The first-order valence-corrected chi connectivity index (χ1v) is 9.80. The van der Waals surface area contributed by atoms with Gasteiger partial charge in [-0.1, -0.05) is 29.8 Å². The average Bonchev–Trinajstić information content (AvgIpc) is 3.22. The van der Waals surface area contributed by atoms with Crippen molar-refractivity contribution in [1.29, 1.82) is 0 Å². The van der Waals surface area contributed by atoms with Crippen molar-refractivity contribution in [3.63, 3.8) is 0 Å². The van der Waals surface area contributed by atoms with Crippen molar-refractivity contribution in [1.82, 2.24) is 9.13 Å². The van der Waals surface area contributed by atoms with Crippen LogP contribution in [-0.2, 0) is 22.6 Å². The summed E-state index contributed by atoms with van der Waals surface area (Å²) in [7, 11) is 0. The summed E-state index contributed by atoms with van der Waals surface area (Å²) in [4.78, 5) is 38.6. The Bertz CT molecular complexity index is 1180. The smallest absolute Gasteiger partial charge is 0.332 e. The standard InChI is InChI=1S/C21H20ClN3O4/c22-14-5-3-6-15(11-14)23-19(26)13-24-18-9-2-1-8-17(18)20(27)25(21(24)28)12-16-7-4-10-29-16/h1-3,5-6,8-9,11,16H,4,7,10,12-13H2,(H,23,26)/t16-/m1/s1. The van der Waals surface area contributed by atoms with Crippen LogP contribution in [0.2, 0.25) is 5.02 Å². The highest BCUT2D eigenvalue weighted by atomic mass is 35.5. The molecular weight excluding hydrogens is 394 g/mol. The van der Waals surface area contributed by atoms with Crippen LogP contribution in [0.15, 0.2) is 58.1 Å². The van der Waals surface area contributed by atoms with E-state index in [1.807, 2.05) is 0 Å². The van der Waals surface area contributed by atoms with Crippen molar-refractivity contribution < 1.29 is 9.53 Å². The summed E-state index contributed by atoms with van der Waals surface area (Å²) in [5, 5.41) is 3.62. The third-order valence-electron chi connectivity index (χ3n) is 4.95. The molecule has 1 N–H and O–H groups in total. The quantitative estimate of drug-likeness (QED) is 0.697. The van der Waals surface area contributed by atoms with Crippen LogP contribution in [0.3, 0.4) is 0 Å². The molecule has 29 heavy (non-hydrogen) atoms. The van der Waals surface area contributed by atoms with Crippen LogP contribution in [0.25, 0.3) is 10.9 Å². The minimum absolute atomic E-state index is 0.171. The SMILES string of the molecule is O=C(Cn1c(=O)n(C[C@H]2CCCO2)c(=O)c2ccccc21)Nc1cccc(Cl)c1. The van der Waals surface area contributed by atoms with Crippen LogP contribution >= 0.6 is 11.6 Å². The molecule has 0 saturated carbocycles. The highest BCUT2D eigenvalue weighted by Gasteiger charge is 2.21. The van der Waals surface area contributed by atoms with E-state index in [0.717, 1.165) is 12.8 Å². The molecule has 0 unspecified atom stereocenters. The third-order valence-corrected chi connectivity index (χ3v) is 5.19. The Hall–Kier alpha value is -2.90. The second-order valence-electron chi connectivity index (χ2n) is 7.00. The lowest BCUT2D eigenvalue weighted by molar-refractivity contribution is -0.116. The summed E-state index contributed by atoms with van der Waals surface area (Å²) in [6.45, 7) is 0.583. The second kappa shape index (κ2) is 8.23. The van der Waals surface area contributed by atoms with Gasteiger partial charge in [0, 0.05) is 17.3 Å². The van der Waals surface area contributed by atoms with Gasteiger partial charge in [0.15, 0.2) is 0 Å². The molecule has 150 valence electrons. The van der Waals surface area contributed by atoms with E-state index in [9.17, 15) is 14.4 Å². The summed E-state index contributed by atoms with van der Waals surface area (Å²) in [6.07, 6.45) is 1.53. The molecular formula is C21H20ClN3O4. The Balaban J connectivity index is 1.71. The fourth-order valence-corrected chi connectivity index (χ4v) is 3.78. The molecule has 0 aliphatic carbocycles. The van der Waals surface area contributed by atoms with E-state index in [4.69, 9.17) is 16.3 Å². The zero-order valence-electron chi connectivity index (χ0n) is 15.6. The van der Waals surface area contributed by atoms with E-state index in [1.54, 1.807) is 48.5 Å². The van der Waals surface area contributed by atoms with Crippen molar-refractivity contribution in [3.05, 3.63) is 74.4 Å². The van der Waals surface area contributed by atoms with E-state index in [0.29, 0.717) is 28.2 Å². The van der Waals surface area contributed by atoms with Crippen LogP contribution < -0.4 is 16.6 Å². The molecule has 1 aliphatic heterocycles. The summed E-state index contributed by atoms with van der Waals surface area (Å²) in [5.41, 5.74) is 0.0675. The van der Waals surface area contributed by atoms with Crippen LogP contribution in [0.5, 0.6) is 0 Å². The number of para-hydroxylation sites is 1. The molecule has 8 heteroatoms. The first-order chi connectivity index (χ1) is 14.0. The number of benzene rings is 2. The number of halogens is 1. The van der Waals surface area contributed by atoms with E-state index < -0.39 is 5.69 Å². The molecule has 1 saturated heterocycles. The van der Waals surface area contributed by atoms with Gasteiger partial charge < -0.3 is 10.1 Å². The monoisotopic (exact) mass is 413 g/mol. The number of aromatic nitrogens is 2. The summed E-state index contributed by atoms with van der Waals surface area (Å²) < 4.78 is 8.09. The number of hydrogen-bond acceptors (Lipinski definition) is 4. The fraction of sp³-hybridized carbons (Fsp3) is 0.286. The maximum Gasteiger partial charge on any atom is 0.332 e. The molecule has 4 rings (SSSR count). The molecule has 0 radical (unpaired) electrons. The van der Waals surface area contributed by atoms with Gasteiger partial charge in [0.1, 0.15) is 6.54 Å². The predicted molar refractivity (Wildman–Crippen MR) is 112 cm³/mol. The molecule has 1 aliphatic rings. The number of nitrogens with one attached hydrogen (secondary N) is 1. The molecule has 1 amide bonds. The van der Waals surface area contributed by atoms with Crippen LogP contribution in [-0.4, -0.2) is 27.8 Å². The highest BCUT2D eigenvalue weighted by Crippen LogP contribution is 2.16. The molecule has 1 atom stereocenters. The van der Waals surface area contributed by atoms with Gasteiger partial charge in [0.05, 0.1) is 23.6 Å². The van der Waals surface area contributed by atoms with E-state index in [1.165, 1.54) is 9.13 Å². The Kier molecular flexibility index (Phi) is 5.51. The van der Waals surface area contributed by atoms with Gasteiger partial charge in [-0.25, -0.2) is 4.79 Å². The Morgan fingerprint density at radius 2 is 1.97 bits per heavy atom. The minimum Gasteiger partial charge on any atom is -0.376 e. The number of rotatable bonds is 5. The van der Waals surface area contributed by atoms with Crippen molar-refractivity contribution in [2.24, 2.45) is 0 Å². The van der Waals surface area contributed by atoms with Gasteiger partial charge in [-0.05, 0) is 43.2 Å². The summed E-state index contributed by atoms with van der Waals surface area (Å²) in [5.74, 6) is -0.387. The minimum atomic E-state index is -0.523. The number of carbonyl (C=O) groups is 1. The number of amides is 1. The number of fused-ring (bicyclic) bond motifs is 1. The van der Waals surface area contributed by atoms with Crippen LogP contribution in [0.4, 0.5) is 5.69 Å². The summed E-state index contributed by atoms with van der Waals surface area (Å²) >= 11 is 5.95. The maximum absolute atomic E-state index is 13.1. The Labute approximate surface area is 171 Å². The highest BCUT2D eigenvalue weighted by molar-refractivity contribution is 6.30. The molecule has 0 spiro atoms. The fourth-order valence-electron chi connectivity index (χ4n) is 3.59. The van der Waals surface area contributed by atoms with Crippen molar-refractivity contribution >= 4 is 34.1 Å². The zero-order chi connectivity index (χ0) is 20.4.